The molecule has 0 saturated carbocycles. The predicted molar refractivity (Wildman–Crippen MR) is 56.0 cm³/mol. The van der Waals surface area contributed by atoms with Crippen molar-refractivity contribution in [2.75, 3.05) is 12.3 Å². The summed E-state index contributed by atoms with van der Waals surface area (Å²) < 4.78 is 0. The van der Waals surface area contributed by atoms with E-state index in [1.807, 2.05) is 13.0 Å². The van der Waals surface area contributed by atoms with E-state index in [2.05, 4.69) is 11.1 Å². The highest BCUT2D eigenvalue weighted by Crippen LogP contribution is 2.13. The van der Waals surface area contributed by atoms with E-state index < -0.39 is 0 Å². The number of allylic oxidation sites excluding steroid dienone is 1. The number of pyridine rings is 1. The lowest BCUT2D eigenvalue weighted by atomic mass is 10.1. The van der Waals surface area contributed by atoms with Crippen LogP contribution in [0.2, 0.25) is 0 Å². The first-order chi connectivity index (χ1) is 6.24. The van der Waals surface area contributed by atoms with Gasteiger partial charge in [-0.3, -0.25) is 0 Å². The molecule has 70 valence electrons. The van der Waals surface area contributed by atoms with Crippen LogP contribution in [0.15, 0.2) is 24.4 Å². The number of hydrogen-bond acceptors (Lipinski definition) is 3. The van der Waals surface area contributed by atoms with Gasteiger partial charge in [0.2, 0.25) is 0 Å². The van der Waals surface area contributed by atoms with E-state index in [4.69, 9.17) is 11.5 Å². The van der Waals surface area contributed by atoms with Gasteiger partial charge in [-0.2, -0.15) is 0 Å². The molecule has 3 heteroatoms. The van der Waals surface area contributed by atoms with E-state index in [9.17, 15) is 0 Å². The Morgan fingerprint density at radius 1 is 1.54 bits per heavy atom. The van der Waals surface area contributed by atoms with Crippen molar-refractivity contribution in [3.05, 3.63) is 30.0 Å². The summed E-state index contributed by atoms with van der Waals surface area (Å²) in [4.78, 5) is 4.01. The third-order valence-electron chi connectivity index (χ3n) is 1.86. The molecule has 0 aromatic carbocycles. The van der Waals surface area contributed by atoms with Gasteiger partial charge in [0.25, 0.3) is 0 Å². The minimum absolute atomic E-state index is 0.551. The number of nitrogen functional groups attached to an aromatic ring is 1. The molecule has 0 aliphatic heterocycles. The minimum Gasteiger partial charge on any atom is -0.384 e. The summed E-state index contributed by atoms with van der Waals surface area (Å²) in [7, 11) is 0. The van der Waals surface area contributed by atoms with Gasteiger partial charge in [0, 0.05) is 6.20 Å². The van der Waals surface area contributed by atoms with Crippen molar-refractivity contribution in [2.24, 2.45) is 5.73 Å². The van der Waals surface area contributed by atoms with Crippen molar-refractivity contribution in [1.82, 2.24) is 4.98 Å². The molecule has 1 aromatic rings. The predicted octanol–water partition coefficient (Wildman–Crippen LogP) is 1.42. The number of anilines is 1. The summed E-state index contributed by atoms with van der Waals surface area (Å²) in [6.45, 7) is 2.72. The van der Waals surface area contributed by atoms with Gasteiger partial charge in [0.05, 0.1) is 0 Å². The third-order valence-corrected chi connectivity index (χ3v) is 1.86. The van der Waals surface area contributed by atoms with Crippen molar-refractivity contribution in [3.63, 3.8) is 0 Å². The fraction of sp³-hybridized carbons (Fsp3) is 0.300. The normalized spacial score (nSPS) is 11.7. The fourth-order valence-electron chi connectivity index (χ4n) is 1.06. The number of aromatic nitrogens is 1. The van der Waals surface area contributed by atoms with Gasteiger partial charge in [-0.25, -0.2) is 4.98 Å². The number of hydrogen-bond donors (Lipinski definition) is 2. The Morgan fingerprint density at radius 3 is 2.85 bits per heavy atom. The Hall–Kier alpha value is -1.35. The first-order valence-electron chi connectivity index (χ1n) is 4.33. The van der Waals surface area contributed by atoms with E-state index in [1.165, 1.54) is 5.57 Å². The Morgan fingerprint density at radius 2 is 2.31 bits per heavy atom. The summed E-state index contributed by atoms with van der Waals surface area (Å²) in [5.74, 6) is 0.551. The highest BCUT2D eigenvalue weighted by atomic mass is 14.8. The summed E-state index contributed by atoms with van der Waals surface area (Å²) in [5.41, 5.74) is 13.2. The first kappa shape index (κ1) is 9.74. The van der Waals surface area contributed by atoms with Crippen LogP contribution in [0.4, 0.5) is 5.82 Å². The minimum atomic E-state index is 0.551. The summed E-state index contributed by atoms with van der Waals surface area (Å²) in [5, 5.41) is 0. The molecule has 3 nitrogen and oxygen atoms in total. The molecule has 1 heterocycles. The number of nitrogens with two attached hydrogens (primary N) is 2. The quantitative estimate of drug-likeness (QED) is 0.733. The van der Waals surface area contributed by atoms with Crippen molar-refractivity contribution < 1.29 is 0 Å². The van der Waals surface area contributed by atoms with Crippen LogP contribution in [0.5, 0.6) is 0 Å². The summed E-state index contributed by atoms with van der Waals surface area (Å²) in [6, 6.07) is 3.76. The average Bonchev–Trinajstić information content (AvgIpc) is 2.15. The largest absolute Gasteiger partial charge is 0.384 e. The molecule has 0 bridgehead atoms. The molecule has 0 aliphatic rings. The van der Waals surface area contributed by atoms with Gasteiger partial charge >= 0.3 is 0 Å². The molecule has 13 heavy (non-hydrogen) atoms. The maximum Gasteiger partial charge on any atom is 0.123 e. The summed E-state index contributed by atoms with van der Waals surface area (Å²) in [6.07, 6.45) is 4.78. The maximum atomic E-state index is 5.48. The second-order valence-electron chi connectivity index (χ2n) is 2.94. The maximum absolute atomic E-state index is 5.48. The van der Waals surface area contributed by atoms with Gasteiger partial charge in [-0.1, -0.05) is 6.08 Å². The molecule has 0 fully saturated rings. The monoisotopic (exact) mass is 177 g/mol. The van der Waals surface area contributed by atoms with Gasteiger partial charge in [0.1, 0.15) is 5.82 Å². The summed E-state index contributed by atoms with van der Waals surface area (Å²) >= 11 is 0. The Balaban J connectivity index is 2.77. The molecule has 0 spiro atoms. The Labute approximate surface area is 78.5 Å². The van der Waals surface area contributed by atoms with Gasteiger partial charge < -0.3 is 11.5 Å². The molecule has 0 saturated heterocycles. The van der Waals surface area contributed by atoms with E-state index in [0.29, 0.717) is 12.4 Å². The van der Waals surface area contributed by atoms with E-state index >= 15 is 0 Å². The molecule has 1 aromatic heterocycles. The van der Waals surface area contributed by atoms with Crippen molar-refractivity contribution in [2.45, 2.75) is 13.3 Å². The standard InChI is InChI=1S/C10H15N3/c1-8(3-2-6-11)9-4-5-10(12)13-7-9/h3-5,7H,2,6,11H2,1H3,(H2,12,13). The molecule has 1 rings (SSSR count). The molecule has 0 radical (unpaired) electrons. The zero-order valence-electron chi connectivity index (χ0n) is 7.83. The number of rotatable bonds is 3. The molecule has 0 amide bonds. The SMILES string of the molecule is CC(=CCCN)c1ccc(N)nc1. The van der Waals surface area contributed by atoms with Crippen molar-refractivity contribution in [3.8, 4) is 0 Å². The van der Waals surface area contributed by atoms with Crippen LogP contribution in [0.3, 0.4) is 0 Å². The van der Waals surface area contributed by atoms with Crippen LogP contribution >= 0.6 is 0 Å². The van der Waals surface area contributed by atoms with Crippen LogP contribution < -0.4 is 11.5 Å². The van der Waals surface area contributed by atoms with Crippen LogP contribution in [-0.4, -0.2) is 11.5 Å². The first-order valence-corrected chi connectivity index (χ1v) is 4.33. The van der Waals surface area contributed by atoms with Gasteiger partial charge in [-0.15, -0.1) is 0 Å². The molecule has 0 atom stereocenters. The highest BCUT2D eigenvalue weighted by molar-refractivity contribution is 5.63. The van der Waals surface area contributed by atoms with Gasteiger partial charge in [-0.05, 0) is 43.2 Å². The second kappa shape index (κ2) is 4.62. The second-order valence-corrected chi connectivity index (χ2v) is 2.94. The van der Waals surface area contributed by atoms with Crippen LogP contribution in [0.1, 0.15) is 18.9 Å². The zero-order valence-corrected chi connectivity index (χ0v) is 7.83. The smallest absolute Gasteiger partial charge is 0.123 e. The topological polar surface area (TPSA) is 64.9 Å². The lowest BCUT2D eigenvalue weighted by Crippen LogP contribution is -1.96. The zero-order chi connectivity index (χ0) is 9.68. The van der Waals surface area contributed by atoms with Crippen LogP contribution in [-0.2, 0) is 0 Å². The van der Waals surface area contributed by atoms with Crippen molar-refractivity contribution in [1.29, 1.82) is 0 Å². The molecule has 0 unspecified atom stereocenters. The molecule has 4 N–H and O–H groups in total. The molecular formula is C10H15N3. The molecule has 0 aliphatic carbocycles. The fourth-order valence-corrected chi connectivity index (χ4v) is 1.06. The van der Waals surface area contributed by atoms with Crippen LogP contribution in [0, 0.1) is 0 Å². The Kier molecular flexibility index (Phi) is 3.46. The average molecular weight is 177 g/mol. The van der Waals surface area contributed by atoms with E-state index in [-0.39, 0.29) is 0 Å². The van der Waals surface area contributed by atoms with E-state index in [1.54, 1.807) is 12.3 Å². The van der Waals surface area contributed by atoms with E-state index in [0.717, 1.165) is 12.0 Å². The van der Waals surface area contributed by atoms with Gasteiger partial charge in [0.15, 0.2) is 0 Å². The number of nitrogens with zero attached hydrogens (tertiary/aromatic N) is 1. The third kappa shape index (κ3) is 2.87. The highest BCUT2D eigenvalue weighted by Gasteiger charge is 1.94. The van der Waals surface area contributed by atoms with Crippen LogP contribution in [0.25, 0.3) is 5.57 Å². The van der Waals surface area contributed by atoms with Crippen molar-refractivity contribution >= 4 is 11.4 Å². The lowest BCUT2D eigenvalue weighted by Gasteiger charge is -2.00. The lowest BCUT2D eigenvalue weighted by molar-refractivity contribution is 1.01. The Bertz CT molecular complexity index is 288. The molecular weight excluding hydrogens is 162 g/mol.